The number of aromatic nitrogens is 2. The minimum atomic E-state index is -1.61. The summed E-state index contributed by atoms with van der Waals surface area (Å²) in [6.07, 6.45) is -5.17. The van der Waals surface area contributed by atoms with E-state index in [0.29, 0.717) is 10.8 Å². The molecule has 0 aromatic carbocycles. The Hall–Kier alpha value is -1.79. The van der Waals surface area contributed by atoms with Crippen molar-refractivity contribution < 1.29 is 28.9 Å². The van der Waals surface area contributed by atoms with Gasteiger partial charge in [-0.2, -0.15) is 4.39 Å². The van der Waals surface area contributed by atoms with Gasteiger partial charge >= 0.3 is 11.7 Å². The fraction of sp³-hybridized carbons (Fsp3) is 0.643. The van der Waals surface area contributed by atoms with Crippen molar-refractivity contribution in [3.05, 3.63) is 32.9 Å². The first-order chi connectivity index (χ1) is 11.6. The number of carbonyl (C=O) groups is 1. The molecule has 1 aliphatic heterocycles. The van der Waals surface area contributed by atoms with Crippen molar-refractivity contribution >= 4 is 18.4 Å². The van der Waals surface area contributed by atoms with Crippen LogP contribution in [0.4, 0.5) is 4.39 Å². The molecule has 2 rings (SSSR count). The maximum atomic E-state index is 13.4. The molecule has 0 aliphatic carbocycles. The van der Waals surface area contributed by atoms with Crippen LogP contribution in [0.2, 0.25) is 0 Å². The Morgan fingerprint density at radius 3 is 2.62 bits per heavy atom. The smallest absolute Gasteiger partial charge is 0.330 e. The number of aromatic amines is 1. The molecule has 1 aromatic heterocycles. The number of hydrogen-bond acceptors (Lipinski definition) is 8. The number of halogens is 2. The summed E-state index contributed by atoms with van der Waals surface area (Å²) < 4.78 is 24.2. The third-order valence-corrected chi connectivity index (χ3v) is 3.92. The minimum absolute atomic E-state index is 0. The molecule has 1 aromatic rings. The summed E-state index contributed by atoms with van der Waals surface area (Å²) in [4.78, 5) is 36.2. The van der Waals surface area contributed by atoms with E-state index in [1.807, 2.05) is 0 Å². The number of aliphatic hydroxyl groups is 2. The summed E-state index contributed by atoms with van der Waals surface area (Å²) in [5.74, 6) is -2.14. The van der Waals surface area contributed by atoms with Gasteiger partial charge < -0.3 is 25.4 Å². The first-order valence-electron chi connectivity index (χ1n) is 7.58. The van der Waals surface area contributed by atoms with Gasteiger partial charge in [-0.1, -0.05) is 13.8 Å². The van der Waals surface area contributed by atoms with E-state index < -0.39 is 60.2 Å². The third kappa shape index (κ3) is 4.48. The predicted octanol–water partition coefficient (Wildman–Crippen LogP) is -1.76. The molecular formula is C14H21ClFN3O7. The number of nitrogens with two attached hydrogens (primary N) is 1. The van der Waals surface area contributed by atoms with Crippen LogP contribution < -0.4 is 17.0 Å². The lowest BCUT2D eigenvalue weighted by molar-refractivity contribution is -0.152. The van der Waals surface area contributed by atoms with Crippen molar-refractivity contribution in [1.82, 2.24) is 9.55 Å². The van der Waals surface area contributed by atoms with Crippen LogP contribution in [0.3, 0.4) is 0 Å². The van der Waals surface area contributed by atoms with Crippen LogP contribution >= 0.6 is 12.4 Å². The average molecular weight is 398 g/mol. The van der Waals surface area contributed by atoms with E-state index in [0.717, 1.165) is 0 Å². The standard InChI is InChI=1S/C14H20FN3O7.ClH/c1-5(2)8(16)13(22)24-4-7-9(19)10(20)12(25-7)18-3-6(15)11(21)17-14(18)23;/h3,5,7-10,12,19-20H,4,16H2,1-2H3,(H,17,21,23);1H/t7-,8-,9?,10?,12-;/m0./s1. The van der Waals surface area contributed by atoms with E-state index >= 15 is 0 Å². The van der Waals surface area contributed by atoms with Crippen molar-refractivity contribution in [3.63, 3.8) is 0 Å². The summed E-state index contributed by atoms with van der Waals surface area (Å²) in [6, 6.07) is -0.866. The number of hydrogen-bond donors (Lipinski definition) is 4. The first-order valence-corrected chi connectivity index (χ1v) is 7.58. The van der Waals surface area contributed by atoms with Crippen LogP contribution in [0.25, 0.3) is 0 Å². The molecule has 2 heterocycles. The van der Waals surface area contributed by atoms with Crippen molar-refractivity contribution in [1.29, 1.82) is 0 Å². The zero-order valence-corrected chi connectivity index (χ0v) is 14.8. The molecule has 1 fully saturated rings. The SMILES string of the molecule is CC(C)[C@H](N)C(=O)OC[C@@H]1O[C@H](n2cc(F)c(=O)[nH]c2=O)C(O)C1O.Cl. The largest absolute Gasteiger partial charge is 0.462 e. The van der Waals surface area contributed by atoms with Gasteiger partial charge in [0.25, 0.3) is 5.56 Å². The molecule has 0 amide bonds. The molecule has 5 N–H and O–H groups in total. The number of rotatable bonds is 5. The molecule has 0 bridgehead atoms. The Kier molecular flexibility index (Phi) is 7.47. The maximum Gasteiger partial charge on any atom is 0.330 e. The van der Waals surface area contributed by atoms with E-state index in [1.165, 1.54) is 0 Å². The van der Waals surface area contributed by atoms with Crippen LogP contribution in [0.15, 0.2) is 15.8 Å². The molecule has 148 valence electrons. The Balaban J connectivity index is 0.00000338. The summed E-state index contributed by atoms with van der Waals surface area (Å²) in [6.45, 7) is 3.03. The highest BCUT2D eigenvalue weighted by Gasteiger charge is 2.45. The topological polar surface area (TPSA) is 157 Å². The summed E-state index contributed by atoms with van der Waals surface area (Å²) in [5, 5.41) is 20.0. The van der Waals surface area contributed by atoms with E-state index in [1.54, 1.807) is 18.8 Å². The van der Waals surface area contributed by atoms with Gasteiger partial charge in [0.2, 0.25) is 5.82 Å². The minimum Gasteiger partial charge on any atom is -0.462 e. The Morgan fingerprint density at radius 2 is 2.04 bits per heavy atom. The Labute approximate surface area is 153 Å². The highest BCUT2D eigenvalue weighted by atomic mass is 35.5. The first kappa shape index (κ1) is 22.3. The average Bonchev–Trinajstić information content (AvgIpc) is 2.83. The highest BCUT2D eigenvalue weighted by Crippen LogP contribution is 2.28. The molecule has 5 atom stereocenters. The second-order valence-electron chi connectivity index (χ2n) is 6.09. The monoisotopic (exact) mass is 397 g/mol. The Bertz CT molecular complexity index is 753. The maximum absolute atomic E-state index is 13.4. The number of esters is 1. The second kappa shape index (κ2) is 8.73. The van der Waals surface area contributed by atoms with Gasteiger partial charge in [-0.25, -0.2) is 4.79 Å². The summed E-state index contributed by atoms with van der Waals surface area (Å²) in [7, 11) is 0. The van der Waals surface area contributed by atoms with E-state index in [4.69, 9.17) is 15.2 Å². The highest BCUT2D eigenvalue weighted by molar-refractivity contribution is 5.85. The van der Waals surface area contributed by atoms with Gasteiger partial charge in [-0.15, -0.1) is 12.4 Å². The molecule has 26 heavy (non-hydrogen) atoms. The van der Waals surface area contributed by atoms with Gasteiger partial charge in [0, 0.05) is 0 Å². The van der Waals surface area contributed by atoms with Gasteiger partial charge in [-0.05, 0) is 5.92 Å². The van der Waals surface area contributed by atoms with Crippen molar-refractivity contribution in [2.24, 2.45) is 11.7 Å². The second-order valence-corrected chi connectivity index (χ2v) is 6.09. The Morgan fingerprint density at radius 1 is 1.42 bits per heavy atom. The summed E-state index contributed by atoms with van der Waals surface area (Å²) in [5.41, 5.74) is 3.38. The number of carbonyl (C=O) groups excluding carboxylic acids is 1. The van der Waals surface area contributed by atoms with E-state index in [9.17, 15) is 29.0 Å². The van der Waals surface area contributed by atoms with Crippen LogP contribution in [0.1, 0.15) is 20.1 Å². The number of aliphatic hydroxyl groups excluding tert-OH is 2. The summed E-state index contributed by atoms with van der Waals surface area (Å²) >= 11 is 0. The molecule has 0 radical (unpaired) electrons. The normalized spacial score (nSPS) is 26.4. The molecule has 2 unspecified atom stereocenters. The van der Waals surface area contributed by atoms with Crippen molar-refractivity contribution in [2.45, 2.75) is 44.4 Å². The number of ether oxygens (including phenoxy) is 2. The molecule has 12 heteroatoms. The fourth-order valence-electron chi connectivity index (χ4n) is 2.28. The van der Waals surface area contributed by atoms with Gasteiger partial charge in [-0.3, -0.25) is 19.1 Å². The zero-order chi connectivity index (χ0) is 18.9. The molecular weight excluding hydrogens is 377 g/mol. The molecule has 1 aliphatic rings. The lowest BCUT2D eigenvalue weighted by Crippen LogP contribution is -2.40. The van der Waals surface area contributed by atoms with Crippen molar-refractivity contribution in [3.8, 4) is 0 Å². The fourth-order valence-corrected chi connectivity index (χ4v) is 2.28. The van der Waals surface area contributed by atoms with E-state index in [2.05, 4.69) is 0 Å². The van der Waals surface area contributed by atoms with E-state index in [-0.39, 0.29) is 18.3 Å². The number of nitrogens with zero attached hydrogens (tertiary/aromatic N) is 1. The van der Waals surface area contributed by atoms with Gasteiger partial charge in [0.15, 0.2) is 6.23 Å². The van der Waals surface area contributed by atoms with Crippen LogP contribution in [-0.2, 0) is 14.3 Å². The molecule has 10 nitrogen and oxygen atoms in total. The lowest BCUT2D eigenvalue weighted by atomic mass is 10.1. The molecule has 0 saturated carbocycles. The number of H-pyrrole nitrogens is 1. The van der Waals surface area contributed by atoms with Crippen LogP contribution in [0, 0.1) is 11.7 Å². The number of nitrogens with one attached hydrogen (secondary N) is 1. The third-order valence-electron chi connectivity index (χ3n) is 3.92. The molecule has 0 spiro atoms. The van der Waals surface area contributed by atoms with Crippen molar-refractivity contribution in [2.75, 3.05) is 6.61 Å². The van der Waals surface area contributed by atoms with Crippen LogP contribution in [0.5, 0.6) is 0 Å². The molecule has 1 saturated heterocycles. The van der Waals surface area contributed by atoms with Gasteiger partial charge in [0.05, 0.1) is 6.20 Å². The quantitative estimate of drug-likeness (QED) is 0.426. The van der Waals surface area contributed by atoms with Gasteiger partial charge in [0.1, 0.15) is 31.0 Å². The lowest BCUT2D eigenvalue weighted by Gasteiger charge is -2.18. The van der Waals surface area contributed by atoms with Crippen LogP contribution in [-0.4, -0.2) is 56.7 Å². The predicted molar refractivity (Wildman–Crippen MR) is 88.2 cm³/mol. The zero-order valence-electron chi connectivity index (χ0n) is 14.0.